The highest BCUT2D eigenvalue weighted by Gasteiger charge is 2.08. The molecule has 0 radical (unpaired) electrons. The molecule has 1 heterocycles. The van der Waals surface area contributed by atoms with Crippen molar-refractivity contribution in [3.63, 3.8) is 0 Å². The number of amides is 2. The molecule has 3 rings (SSSR count). The maximum Gasteiger partial charge on any atom is 0.319 e. The molecule has 0 aliphatic heterocycles. The molecular weight excluding hydrogens is 366 g/mol. The van der Waals surface area contributed by atoms with Gasteiger partial charge in [-0.1, -0.05) is 35.9 Å². The second kappa shape index (κ2) is 8.90. The molecule has 2 aromatic carbocycles. The number of fused-ring (bicyclic) bond motifs is 1. The van der Waals surface area contributed by atoms with E-state index in [2.05, 4.69) is 15.2 Å². The van der Waals surface area contributed by atoms with Crippen LogP contribution in [-0.4, -0.2) is 40.1 Å². The molecule has 3 aromatic rings. The summed E-state index contributed by atoms with van der Waals surface area (Å²) in [6, 6.07) is 15.1. The van der Waals surface area contributed by atoms with Gasteiger partial charge in [-0.2, -0.15) is 0 Å². The molecule has 0 saturated heterocycles. The van der Waals surface area contributed by atoms with Gasteiger partial charge in [-0.15, -0.1) is 0 Å². The molecule has 1 aromatic heterocycles. The summed E-state index contributed by atoms with van der Waals surface area (Å²) in [4.78, 5) is 12.0. The van der Waals surface area contributed by atoms with Gasteiger partial charge in [0.1, 0.15) is 0 Å². The summed E-state index contributed by atoms with van der Waals surface area (Å²) in [7, 11) is 0. The van der Waals surface area contributed by atoms with Crippen molar-refractivity contribution in [2.24, 2.45) is 0 Å². The fourth-order valence-electron chi connectivity index (χ4n) is 2.83. The van der Waals surface area contributed by atoms with Crippen LogP contribution < -0.4 is 10.6 Å². The van der Waals surface area contributed by atoms with Crippen LogP contribution in [0.25, 0.3) is 10.9 Å². The van der Waals surface area contributed by atoms with E-state index in [0.717, 1.165) is 21.5 Å². The van der Waals surface area contributed by atoms with E-state index in [1.165, 1.54) is 0 Å². The van der Waals surface area contributed by atoms with Gasteiger partial charge in [-0.25, -0.2) is 4.79 Å². The van der Waals surface area contributed by atoms with Crippen molar-refractivity contribution in [1.29, 1.82) is 0 Å². The molecule has 0 bridgehead atoms. The van der Waals surface area contributed by atoms with Crippen LogP contribution in [0.3, 0.4) is 0 Å². The lowest BCUT2D eigenvalue weighted by Crippen LogP contribution is -2.31. The summed E-state index contributed by atoms with van der Waals surface area (Å²) in [6.07, 6.45) is 1.47. The van der Waals surface area contributed by atoms with Crippen molar-refractivity contribution in [1.82, 2.24) is 9.88 Å². The van der Waals surface area contributed by atoms with Crippen molar-refractivity contribution in [3.8, 4) is 0 Å². The van der Waals surface area contributed by atoms with Crippen LogP contribution in [0.15, 0.2) is 54.7 Å². The minimum atomic E-state index is -0.824. The second-order valence-corrected chi connectivity index (χ2v) is 6.72. The fraction of sp³-hybridized carbons (Fsp3) is 0.250. The van der Waals surface area contributed by atoms with E-state index < -0.39 is 6.10 Å². The predicted molar refractivity (Wildman–Crippen MR) is 107 cm³/mol. The topological polar surface area (TPSA) is 86.5 Å². The molecular formula is C20H22ClN3O3. The smallest absolute Gasteiger partial charge is 0.319 e. The number of aromatic nitrogens is 1. The maximum atomic E-state index is 12.0. The Labute approximate surface area is 162 Å². The van der Waals surface area contributed by atoms with E-state index in [1.807, 2.05) is 54.7 Å². The second-order valence-electron chi connectivity index (χ2n) is 6.31. The van der Waals surface area contributed by atoms with E-state index in [0.29, 0.717) is 18.7 Å². The number of hydrogen-bond acceptors (Lipinski definition) is 3. The summed E-state index contributed by atoms with van der Waals surface area (Å²) in [6.45, 7) is 0.596. The number of nitrogens with zero attached hydrogens (tertiary/aromatic N) is 1. The molecule has 6 nitrogen and oxygen atoms in total. The fourth-order valence-corrected chi connectivity index (χ4v) is 3.02. The van der Waals surface area contributed by atoms with Crippen molar-refractivity contribution in [3.05, 3.63) is 65.3 Å². The summed E-state index contributed by atoms with van der Waals surface area (Å²) < 4.78 is 2.08. The van der Waals surface area contributed by atoms with Crippen LogP contribution in [0.1, 0.15) is 12.0 Å². The minimum absolute atomic E-state index is 0.276. The van der Waals surface area contributed by atoms with Gasteiger partial charge in [0.2, 0.25) is 0 Å². The molecule has 2 amide bonds. The van der Waals surface area contributed by atoms with Crippen LogP contribution in [0, 0.1) is 0 Å². The lowest BCUT2D eigenvalue weighted by Gasteiger charge is -2.11. The Hall–Kier alpha value is -2.54. The number of anilines is 1. The van der Waals surface area contributed by atoms with E-state index in [1.54, 1.807) is 0 Å². The van der Waals surface area contributed by atoms with Crippen LogP contribution in [0.2, 0.25) is 5.02 Å². The van der Waals surface area contributed by atoms with Crippen LogP contribution in [0.5, 0.6) is 0 Å². The number of rotatable bonds is 7. The summed E-state index contributed by atoms with van der Waals surface area (Å²) >= 11 is 6.26. The molecule has 27 heavy (non-hydrogen) atoms. The van der Waals surface area contributed by atoms with E-state index in [-0.39, 0.29) is 19.2 Å². The van der Waals surface area contributed by atoms with Gasteiger partial charge < -0.3 is 25.4 Å². The van der Waals surface area contributed by atoms with Crippen LogP contribution >= 0.6 is 11.6 Å². The molecule has 142 valence electrons. The third-order valence-corrected chi connectivity index (χ3v) is 4.67. The van der Waals surface area contributed by atoms with E-state index in [9.17, 15) is 9.90 Å². The number of hydrogen-bond donors (Lipinski definition) is 4. The van der Waals surface area contributed by atoms with Crippen LogP contribution in [0.4, 0.5) is 10.5 Å². The number of aliphatic hydroxyl groups excluding tert-OH is 2. The van der Waals surface area contributed by atoms with Crippen molar-refractivity contribution >= 4 is 34.2 Å². The largest absolute Gasteiger partial charge is 0.394 e. The Morgan fingerprint density at radius 1 is 1.19 bits per heavy atom. The summed E-state index contributed by atoms with van der Waals surface area (Å²) in [5.41, 5.74) is 2.68. The first kappa shape index (κ1) is 19.2. The van der Waals surface area contributed by atoms with Gasteiger partial charge >= 0.3 is 6.03 Å². The monoisotopic (exact) mass is 387 g/mol. The zero-order chi connectivity index (χ0) is 19.2. The third kappa shape index (κ3) is 5.01. The summed E-state index contributed by atoms with van der Waals surface area (Å²) in [5, 5.41) is 25.3. The normalized spacial score (nSPS) is 12.1. The first-order valence-electron chi connectivity index (χ1n) is 8.73. The molecule has 4 N–H and O–H groups in total. The highest BCUT2D eigenvalue weighted by atomic mass is 35.5. The molecule has 1 atom stereocenters. The van der Waals surface area contributed by atoms with E-state index in [4.69, 9.17) is 16.7 Å². The SMILES string of the molecule is O=C(NCC[C@@H](O)CO)Nc1ccc2ccn(Cc3ccccc3Cl)c2c1. The zero-order valence-corrected chi connectivity index (χ0v) is 15.5. The molecule has 0 fully saturated rings. The Kier molecular flexibility index (Phi) is 6.34. The molecule has 7 heteroatoms. The Morgan fingerprint density at radius 3 is 2.78 bits per heavy atom. The number of benzene rings is 2. The Balaban J connectivity index is 1.69. The van der Waals surface area contributed by atoms with Crippen molar-refractivity contribution in [2.75, 3.05) is 18.5 Å². The molecule has 0 aliphatic rings. The highest BCUT2D eigenvalue weighted by Crippen LogP contribution is 2.23. The Bertz CT molecular complexity index is 926. The van der Waals surface area contributed by atoms with Crippen molar-refractivity contribution < 1.29 is 15.0 Å². The lowest BCUT2D eigenvalue weighted by atomic mass is 10.2. The third-order valence-electron chi connectivity index (χ3n) is 4.30. The van der Waals surface area contributed by atoms with Gasteiger partial charge in [0, 0.05) is 30.0 Å². The van der Waals surface area contributed by atoms with Gasteiger partial charge in [0.15, 0.2) is 0 Å². The van der Waals surface area contributed by atoms with E-state index >= 15 is 0 Å². The average molecular weight is 388 g/mol. The first-order valence-corrected chi connectivity index (χ1v) is 9.10. The Morgan fingerprint density at radius 2 is 2.00 bits per heavy atom. The van der Waals surface area contributed by atoms with Gasteiger partial charge in [0.05, 0.1) is 18.2 Å². The lowest BCUT2D eigenvalue weighted by molar-refractivity contribution is 0.0889. The van der Waals surface area contributed by atoms with Crippen LogP contribution in [-0.2, 0) is 6.54 Å². The number of aliphatic hydroxyl groups is 2. The van der Waals surface area contributed by atoms with Crippen molar-refractivity contribution in [2.45, 2.75) is 19.1 Å². The molecule has 0 spiro atoms. The molecule has 0 saturated carbocycles. The quantitative estimate of drug-likeness (QED) is 0.502. The van der Waals surface area contributed by atoms with Gasteiger partial charge in [-0.05, 0) is 41.6 Å². The first-order chi connectivity index (χ1) is 13.1. The van der Waals surface area contributed by atoms with Gasteiger partial charge in [0.25, 0.3) is 0 Å². The molecule has 0 aliphatic carbocycles. The van der Waals surface area contributed by atoms with Gasteiger partial charge in [-0.3, -0.25) is 0 Å². The number of urea groups is 1. The minimum Gasteiger partial charge on any atom is -0.394 e. The number of carbonyl (C=O) groups excluding carboxylic acids is 1. The zero-order valence-electron chi connectivity index (χ0n) is 14.7. The number of carbonyl (C=O) groups is 1. The average Bonchev–Trinajstić information content (AvgIpc) is 3.05. The molecule has 0 unspecified atom stereocenters. The number of nitrogens with one attached hydrogen (secondary N) is 2. The summed E-state index contributed by atoms with van der Waals surface area (Å²) in [5.74, 6) is 0. The number of halogens is 1. The highest BCUT2D eigenvalue weighted by molar-refractivity contribution is 6.31. The predicted octanol–water partition coefficient (Wildman–Crippen LogP) is 3.21. The maximum absolute atomic E-state index is 12.0. The standard InChI is InChI=1S/C20H22ClN3O3/c21-18-4-2-1-3-15(18)12-24-10-8-14-5-6-16(11-19(14)24)23-20(27)22-9-7-17(26)13-25/h1-6,8,10-11,17,25-26H,7,9,12-13H2,(H2,22,23,27)/t17-/m1/s1.